The molecule has 9 nitrogen and oxygen atoms in total. The van der Waals surface area contributed by atoms with Crippen LogP contribution in [0.1, 0.15) is 32.4 Å². The highest BCUT2D eigenvalue weighted by Gasteiger charge is 2.39. The van der Waals surface area contributed by atoms with E-state index in [1.807, 2.05) is 29.2 Å². The largest absolute Gasteiger partial charge is 0.395 e. The molecule has 1 atom stereocenters. The molecule has 4 rings (SSSR count). The van der Waals surface area contributed by atoms with E-state index in [1.54, 1.807) is 6.07 Å². The van der Waals surface area contributed by atoms with Crippen molar-refractivity contribution in [1.82, 2.24) is 19.6 Å². The number of anilines is 1. The lowest BCUT2D eigenvalue weighted by molar-refractivity contribution is -0.124. The van der Waals surface area contributed by atoms with E-state index in [0.717, 1.165) is 22.2 Å². The van der Waals surface area contributed by atoms with E-state index in [1.165, 1.54) is 16.4 Å². The lowest BCUT2D eigenvalue weighted by Gasteiger charge is -2.25. The number of carbonyl (C=O) groups is 1. The second kappa shape index (κ2) is 13.2. The first-order valence-corrected chi connectivity index (χ1v) is 15.4. The highest BCUT2D eigenvalue weighted by atomic mass is 79.9. The lowest BCUT2D eigenvalue weighted by Crippen LogP contribution is -2.45. The molecule has 1 unspecified atom stereocenters. The summed E-state index contributed by atoms with van der Waals surface area (Å²) in [5.74, 6) is -0.227. The van der Waals surface area contributed by atoms with Gasteiger partial charge in [-0.1, -0.05) is 41.9 Å². The maximum atomic E-state index is 13.4. The molecular weight excluding hydrogens is 601 g/mol. The molecule has 0 spiro atoms. The summed E-state index contributed by atoms with van der Waals surface area (Å²) in [5, 5.41) is 12.5. The zero-order valence-corrected chi connectivity index (χ0v) is 24.8. The number of halogens is 2. The Hall–Kier alpha value is -2.93. The third-order valence-electron chi connectivity index (χ3n) is 6.52. The molecule has 0 bridgehead atoms. The van der Waals surface area contributed by atoms with Crippen molar-refractivity contribution < 1.29 is 22.7 Å². The highest BCUT2D eigenvalue weighted by Crippen LogP contribution is 2.27. The minimum absolute atomic E-state index is 0.0534. The molecule has 1 aliphatic rings. The molecule has 2 N–H and O–H groups in total. The van der Waals surface area contributed by atoms with Crippen LogP contribution >= 0.6 is 15.9 Å². The van der Waals surface area contributed by atoms with E-state index in [-0.39, 0.29) is 24.6 Å². The average molecular weight is 635 g/mol. The van der Waals surface area contributed by atoms with Crippen molar-refractivity contribution in [2.75, 3.05) is 31.1 Å². The zero-order chi connectivity index (χ0) is 28.9. The molecule has 2 aromatic carbocycles. The molecule has 0 aliphatic carbocycles. The third-order valence-corrected chi connectivity index (χ3v) is 8.97. The van der Waals surface area contributed by atoms with E-state index in [4.69, 9.17) is 4.98 Å². The van der Waals surface area contributed by atoms with Gasteiger partial charge >= 0.3 is 0 Å². The summed E-state index contributed by atoms with van der Waals surface area (Å²) >= 11 is 3.45. The quantitative estimate of drug-likeness (QED) is 0.328. The number of rotatable bonds is 11. The van der Waals surface area contributed by atoms with E-state index < -0.39 is 27.8 Å². The van der Waals surface area contributed by atoms with Crippen LogP contribution in [0.15, 0.2) is 64.0 Å². The van der Waals surface area contributed by atoms with Gasteiger partial charge in [-0.25, -0.2) is 22.8 Å². The summed E-state index contributed by atoms with van der Waals surface area (Å²) in [7, 11) is -3.97. The summed E-state index contributed by atoms with van der Waals surface area (Å²) < 4.78 is 41.9. The standard InChI is InChI=1S/C28H33BrFN5O4S/c1-19(2)18-34(14-15-36)28-32-23(16-25(33-28)20-5-7-21(29)8-6-20)17-31-27(37)26-4-3-13-35(26)40(38,39)24-11-9-22(30)10-12-24/h5-12,16,19,26,36H,3-4,13-15,17-18H2,1-2H3,(H,31,37). The Morgan fingerprint density at radius 3 is 2.52 bits per heavy atom. The minimum Gasteiger partial charge on any atom is -0.395 e. The van der Waals surface area contributed by atoms with Crippen molar-refractivity contribution in [3.8, 4) is 11.3 Å². The number of aliphatic hydroxyl groups excluding tert-OH is 1. The molecule has 214 valence electrons. The smallest absolute Gasteiger partial charge is 0.243 e. The van der Waals surface area contributed by atoms with Crippen molar-refractivity contribution in [2.45, 2.75) is 44.2 Å². The molecule has 3 aromatic rings. The maximum Gasteiger partial charge on any atom is 0.243 e. The van der Waals surface area contributed by atoms with Crippen LogP contribution in [-0.2, 0) is 21.4 Å². The molecule has 1 saturated heterocycles. The topological polar surface area (TPSA) is 116 Å². The predicted molar refractivity (Wildman–Crippen MR) is 154 cm³/mol. The number of sulfonamides is 1. The number of hydrogen-bond donors (Lipinski definition) is 2. The molecule has 1 aromatic heterocycles. The van der Waals surface area contributed by atoms with Crippen LogP contribution < -0.4 is 10.2 Å². The first-order valence-electron chi connectivity index (χ1n) is 13.1. The minimum atomic E-state index is -3.97. The second-order valence-corrected chi connectivity index (χ2v) is 12.9. The summed E-state index contributed by atoms with van der Waals surface area (Å²) in [6.07, 6.45) is 0.916. The van der Waals surface area contributed by atoms with Gasteiger partial charge in [-0.15, -0.1) is 0 Å². The SMILES string of the molecule is CC(C)CN(CCO)c1nc(CNC(=O)C2CCCN2S(=O)(=O)c2ccc(F)cc2)cc(-c2ccc(Br)cc2)n1. The van der Waals surface area contributed by atoms with Gasteiger partial charge in [0.1, 0.15) is 11.9 Å². The maximum absolute atomic E-state index is 13.4. The normalized spacial score (nSPS) is 15.9. The monoisotopic (exact) mass is 633 g/mol. The fraction of sp³-hybridized carbons (Fsp3) is 0.393. The van der Waals surface area contributed by atoms with Crippen molar-refractivity contribution in [1.29, 1.82) is 0 Å². The average Bonchev–Trinajstić information content (AvgIpc) is 3.43. The Morgan fingerprint density at radius 2 is 1.88 bits per heavy atom. The molecule has 40 heavy (non-hydrogen) atoms. The van der Waals surface area contributed by atoms with Crippen molar-refractivity contribution in [3.63, 3.8) is 0 Å². The van der Waals surface area contributed by atoms with Gasteiger partial charge in [0.05, 0.1) is 29.4 Å². The number of nitrogens with zero attached hydrogens (tertiary/aromatic N) is 4. The van der Waals surface area contributed by atoms with Crippen LogP contribution in [0.3, 0.4) is 0 Å². The summed E-state index contributed by atoms with van der Waals surface area (Å²) in [5.41, 5.74) is 2.07. The number of aromatic nitrogens is 2. The van der Waals surface area contributed by atoms with Crippen molar-refractivity contribution in [2.24, 2.45) is 5.92 Å². The van der Waals surface area contributed by atoms with E-state index in [0.29, 0.717) is 49.2 Å². The molecule has 0 saturated carbocycles. The van der Waals surface area contributed by atoms with Gasteiger partial charge < -0.3 is 15.3 Å². The molecule has 1 fully saturated rings. The van der Waals surface area contributed by atoms with Gasteiger partial charge in [0.25, 0.3) is 0 Å². The zero-order valence-electron chi connectivity index (χ0n) is 22.4. The number of aliphatic hydroxyl groups is 1. The summed E-state index contributed by atoms with van der Waals surface area (Å²) in [6.45, 7) is 5.32. The molecular formula is C28H33BrFN5O4S. The fourth-order valence-corrected chi connectivity index (χ4v) is 6.57. The lowest BCUT2D eigenvalue weighted by atomic mass is 10.1. The van der Waals surface area contributed by atoms with Crippen LogP contribution in [0.25, 0.3) is 11.3 Å². The number of nitrogens with one attached hydrogen (secondary N) is 1. The number of amides is 1. The molecule has 0 radical (unpaired) electrons. The first kappa shape index (κ1) is 30.0. The van der Waals surface area contributed by atoms with Crippen molar-refractivity contribution >= 4 is 37.8 Å². The van der Waals surface area contributed by atoms with Crippen molar-refractivity contribution in [3.05, 3.63) is 70.6 Å². The van der Waals surface area contributed by atoms with Gasteiger partial charge in [0.15, 0.2) is 0 Å². The van der Waals surface area contributed by atoms with Gasteiger partial charge in [-0.05, 0) is 61.2 Å². The van der Waals surface area contributed by atoms with E-state index in [9.17, 15) is 22.7 Å². The van der Waals surface area contributed by atoms with Gasteiger partial charge in [0, 0.05) is 29.7 Å². The second-order valence-electron chi connectivity index (χ2n) is 10.1. The van der Waals surface area contributed by atoms with Gasteiger partial charge in [-0.3, -0.25) is 4.79 Å². The Kier molecular flexibility index (Phi) is 9.88. The van der Waals surface area contributed by atoms with E-state index in [2.05, 4.69) is 40.1 Å². The summed E-state index contributed by atoms with van der Waals surface area (Å²) in [6, 6.07) is 13.2. The molecule has 2 heterocycles. The highest BCUT2D eigenvalue weighted by molar-refractivity contribution is 9.10. The Labute approximate surface area is 242 Å². The Bertz CT molecular complexity index is 1420. The third kappa shape index (κ3) is 7.22. The first-order chi connectivity index (χ1) is 19.1. The van der Waals surface area contributed by atoms with Crippen LogP contribution in [0, 0.1) is 11.7 Å². The Morgan fingerprint density at radius 1 is 1.18 bits per heavy atom. The van der Waals surface area contributed by atoms with Crippen LogP contribution in [0.5, 0.6) is 0 Å². The van der Waals surface area contributed by atoms with Gasteiger partial charge in [0.2, 0.25) is 21.9 Å². The fourth-order valence-electron chi connectivity index (χ4n) is 4.65. The summed E-state index contributed by atoms with van der Waals surface area (Å²) in [4.78, 5) is 24.5. The number of hydrogen-bond acceptors (Lipinski definition) is 7. The Balaban J connectivity index is 1.58. The van der Waals surface area contributed by atoms with E-state index >= 15 is 0 Å². The van der Waals surface area contributed by atoms with Crippen LogP contribution in [0.2, 0.25) is 0 Å². The van der Waals surface area contributed by atoms with Crippen LogP contribution in [0.4, 0.5) is 10.3 Å². The molecule has 1 amide bonds. The number of benzene rings is 2. The molecule has 12 heteroatoms. The van der Waals surface area contributed by atoms with Gasteiger partial charge in [-0.2, -0.15) is 4.31 Å². The van der Waals surface area contributed by atoms with Crippen LogP contribution in [-0.4, -0.2) is 66.0 Å². The molecule has 1 aliphatic heterocycles. The number of carbonyl (C=O) groups excluding carboxylic acids is 1. The predicted octanol–water partition coefficient (Wildman–Crippen LogP) is 3.97.